The molecular formula is C24H33F5NO7S+. The summed E-state index contributed by atoms with van der Waals surface area (Å²) in [5, 5.41) is -5.77. The van der Waals surface area contributed by atoms with E-state index in [9.17, 15) is 40.0 Å². The molecule has 0 heterocycles. The number of ether oxygens (including phenoxy) is 2. The summed E-state index contributed by atoms with van der Waals surface area (Å²) in [6.07, 6.45) is -9.66. The summed E-state index contributed by atoms with van der Waals surface area (Å²) in [4.78, 5) is 23.1. The molecule has 0 amide bonds. The lowest BCUT2D eigenvalue weighted by molar-refractivity contribution is -0.884. The van der Waals surface area contributed by atoms with Gasteiger partial charge in [-0.15, -0.1) is 0 Å². The normalized spacial score (nSPS) is 21.4. The van der Waals surface area contributed by atoms with Gasteiger partial charge >= 0.3 is 33.5 Å². The summed E-state index contributed by atoms with van der Waals surface area (Å²) in [6.45, 7) is 5.82. The van der Waals surface area contributed by atoms with E-state index in [1.54, 1.807) is 0 Å². The van der Waals surface area contributed by atoms with Gasteiger partial charge in [-0.3, -0.25) is 9.35 Å². The van der Waals surface area contributed by atoms with Gasteiger partial charge in [0.2, 0.25) is 0 Å². The number of nitrogens with zero attached hydrogens (tertiary/aromatic N) is 1. The summed E-state index contributed by atoms with van der Waals surface area (Å²) < 4.78 is 104. The van der Waals surface area contributed by atoms with Gasteiger partial charge in [0, 0.05) is 11.6 Å². The molecule has 1 aromatic rings. The summed E-state index contributed by atoms with van der Waals surface area (Å²) in [6, 6.07) is 10.6. The molecule has 1 aliphatic carbocycles. The lowest BCUT2D eigenvalue weighted by Gasteiger charge is -2.36. The quantitative estimate of drug-likeness (QED) is 0.160. The van der Waals surface area contributed by atoms with Crippen LogP contribution in [0.25, 0.3) is 0 Å². The molecule has 1 unspecified atom stereocenters. The molecule has 0 bridgehead atoms. The fourth-order valence-corrected chi connectivity index (χ4v) is 4.11. The highest BCUT2D eigenvalue weighted by molar-refractivity contribution is 7.86. The predicted octanol–water partition coefficient (Wildman–Crippen LogP) is 4.51. The standard InChI is InChI=1S/C14H17F5O7S.C10H16N/c1-3-9(20)26-12(2)6-4-8(5-7-12)10(21)25-11(13(15,16)17)14(18,19)27(22,23)24;1-11(2,3)9-10-7-5-4-6-8-10/h3,8,11H,1,4-7H2,2H3,(H,22,23,24);4-8H,9H2,1-3H3/q;+1. The lowest BCUT2D eigenvalue weighted by Crippen LogP contribution is -2.53. The third-order valence-electron chi connectivity index (χ3n) is 5.57. The number of carbonyl (C=O) groups excluding carboxylic acids is 2. The molecule has 1 N–H and O–H groups in total. The Morgan fingerprint density at radius 2 is 1.63 bits per heavy atom. The molecule has 1 saturated carbocycles. The van der Waals surface area contributed by atoms with E-state index in [0.29, 0.717) is 0 Å². The first kappa shape index (κ1) is 33.4. The van der Waals surface area contributed by atoms with Gasteiger partial charge in [-0.1, -0.05) is 36.9 Å². The third-order valence-corrected chi connectivity index (χ3v) is 6.47. The molecule has 0 radical (unpaired) electrons. The fraction of sp³-hybridized carbons (Fsp3) is 0.583. The van der Waals surface area contributed by atoms with Gasteiger partial charge < -0.3 is 14.0 Å². The van der Waals surface area contributed by atoms with Crippen LogP contribution in [0, 0.1) is 5.92 Å². The summed E-state index contributed by atoms with van der Waals surface area (Å²) >= 11 is 0. The molecule has 1 aliphatic rings. The van der Waals surface area contributed by atoms with Gasteiger partial charge in [-0.25, -0.2) is 4.79 Å². The number of carbonyl (C=O) groups is 2. The molecule has 0 saturated heterocycles. The van der Waals surface area contributed by atoms with Crippen LogP contribution in [-0.2, 0) is 35.7 Å². The minimum atomic E-state index is -6.49. The van der Waals surface area contributed by atoms with Crippen LogP contribution >= 0.6 is 0 Å². The smallest absolute Gasteiger partial charge is 0.432 e. The van der Waals surface area contributed by atoms with Gasteiger partial charge in [-0.05, 0) is 32.6 Å². The van der Waals surface area contributed by atoms with Crippen molar-refractivity contribution in [1.82, 2.24) is 0 Å². The van der Waals surface area contributed by atoms with Crippen LogP contribution in [0.15, 0.2) is 43.0 Å². The Bertz CT molecular complexity index is 1060. The first-order valence-electron chi connectivity index (χ1n) is 11.4. The SMILES string of the molecule is C=CC(=O)OC1(C)CCC(C(=O)OC(C(F)(F)F)C(F)(F)S(=O)(=O)O)CC1.C[N+](C)(C)Cc1ccccc1. The molecular weight excluding hydrogens is 541 g/mol. The van der Waals surface area contributed by atoms with Crippen LogP contribution in [0.2, 0.25) is 0 Å². The Hall–Kier alpha value is -2.58. The Morgan fingerprint density at radius 1 is 1.13 bits per heavy atom. The average molecular weight is 575 g/mol. The minimum Gasteiger partial charge on any atom is -0.456 e. The van der Waals surface area contributed by atoms with E-state index in [2.05, 4.69) is 62.8 Å². The summed E-state index contributed by atoms with van der Waals surface area (Å²) in [5.41, 5.74) is 0.379. The van der Waals surface area contributed by atoms with Crippen LogP contribution < -0.4 is 0 Å². The number of benzene rings is 1. The number of halogens is 5. The molecule has 8 nitrogen and oxygen atoms in total. The van der Waals surface area contributed by atoms with Crippen molar-refractivity contribution in [3.8, 4) is 0 Å². The lowest BCUT2D eigenvalue weighted by atomic mass is 9.79. The molecule has 1 aromatic carbocycles. The van der Waals surface area contributed by atoms with Crippen molar-refractivity contribution in [3.05, 3.63) is 48.6 Å². The molecule has 1 atom stereocenters. The van der Waals surface area contributed by atoms with E-state index in [1.807, 2.05) is 0 Å². The van der Waals surface area contributed by atoms with Crippen LogP contribution in [-0.4, -0.2) is 73.7 Å². The number of hydrogen-bond acceptors (Lipinski definition) is 6. The van der Waals surface area contributed by atoms with E-state index < -0.39 is 51.1 Å². The zero-order valence-corrected chi connectivity index (χ0v) is 22.3. The second kappa shape index (κ2) is 12.5. The molecule has 1 fully saturated rings. The molecule has 38 heavy (non-hydrogen) atoms. The van der Waals surface area contributed by atoms with E-state index in [4.69, 9.17) is 9.29 Å². The Labute approximate surface area is 218 Å². The first-order chi connectivity index (χ1) is 17.1. The maximum atomic E-state index is 13.4. The maximum Gasteiger partial charge on any atom is 0.432 e. The highest BCUT2D eigenvalue weighted by Gasteiger charge is 2.66. The van der Waals surface area contributed by atoms with Crippen molar-refractivity contribution < 1.29 is 58.5 Å². The Balaban J connectivity index is 0.000000544. The third kappa shape index (κ3) is 10.3. The topological polar surface area (TPSA) is 107 Å². The second-order valence-electron chi connectivity index (χ2n) is 10.2. The number of esters is 2. The predicted molar refractivity (Wildman–Crippen MR) is 127 cm³/mol. The van der Waals surface area contributed by atoms with Crippen molar-refractivity contribution in [2.75, 3.05) is 21.1 Å². The highest BCUT2D eigenvalue weighted by atomic mass is 32.2. The first-order valence-corrected chi connectivity index (χ1v) is 12.9. The van der Waals surface area contributed by atoms with Crippen LogP contribution in [0.5, 0.6) is 0 Å². The van der Waals surface area contributed by atoms with E-state index in [0.717, 1.165) is 17.1 Å². The number of quaternary nitrogens is 1. The molecule has 0 aromatic heterocycles. The van der Waals surface area contributed by atoms with Gasteiger partial charge in [0.15, 0.2) is 0 Å². The summed E-state index contributed by atoms with van der Waals surface area (Å²) in [5.74, 6) is -3.69. The molecule has 0 spiro atoms. The van der Waals surface area contributed by atoms with Crippen LogP contribution in [0.3, 0.4) is 0 Å². The van der Waals surface area contributed by atoms with Crippen molar-refractivity contribution in [1.29, 1.82) is 0 Å². The number of hydrogen-bond donors (Lipinski definition) is 1. The molecule has 216 valence electrons. The zero-order valence-electron chi connectivity index (χ0n) is 21.5. The van der Waals surface area contributed by atoms with Crippen molar-refractivity contribution in [2.45, 2.75) is 62.3 Å². The van der Waals surface area contributed by atoms with Gasteiger partial charge in [-0.2, -0.15) is 30.4 Å². The van der Waals surface area contributed by atoms with E-state index in [-0.39, 0.29) is 25.7 Å². The van der Waals surface area contributed by atoms with E-state index >= 15 is 0 Å². The van der Waals surface area contributed by atoms with Gasteiger partial charge in [0.25, 0.3) is 6.10 Å². The largest absolute Gasteiger partial charge is 0.456 e. The second-order valence-corrected chi connectivity index (χ2v) is 11.7. The maximum absolute atomic E-state index is 13.4. The average Bonchev–Trinajstić information content (AvgIpc) is 2.75. The Kier molecular flexibility index (Phi) is 11.0. The number of alkyl halides is 5. The number of rotatable bonds is 8. The fourth-order valence-electron chi connectivity index (χ4n) is 3.66. The van der Waals surface area contributed by atoms with Crippen molar-refractivity contribution >= 4 is 22.1 Å². The molecule has 14 heteroatoms. The van der Waals surface area contributed by atoms with Crippen molar-refractivity contribution in [3.63, 3.8) is 0 Å². The molecule has 0 aliphatic heterocycles. The minimum absolute atomic E-state index is 0.0255. The van der Waals surface area contributed by atoms with Gasteiger partial charge in [0.05, 0.1) is 27.1 Å². The monoisotopic (exact) mass is 574 g/mol. The zero-order chi connectivity index (χ0) is 29.6. The highest BCUT2D eigenvalue weighted by Crippen LogP contribution is 2.40. The van der Waals surface area contributed by atoms with Crippen LogP contribution in [0.1, 0.15) is 38.2 Å². The van der Waals surface area contributed by atoms with Crippen molar-refractivity contribution in [2.24, 2.45) is 5.92 Å². The van der Waals surface area contributed by atoms with Gasteiger partial charge in [0.1, 0.15) is 12.1 Å². The molecule has 2 rings (SSSR count). The Morgan fingerprint density at radius 3 is 2.03 bits per heavy atom. The van der Waals surface area contributed by atoms with E-state index in [1.165, 1.54) is 12.5 Å². The summed E-state index contributed by atoms with van der Waals surface area (Å²) in [7, 11) is 0.111. The van der Waals surface area contributed by atoms with Crippen LogP contribution in [0.4, 0.5) is 22.0 Å².